The van der Waals surface area contributed by atoms with E-state index in [1.54, 1.807) is 0 Å². The molecule has 0 amide bonds. The third-order valence-corrected chi connectivity index (χ3v) is 1.83. The van der Waals surface area contributed by atoms with Crippen molar-refractivity contribution in [2.45, 2.75) is 25.2 Å². The van der Waals surface area contributed by atoms with Gasteiger partial charge in [0.05, 0.1) is 6.61 Å². The van der Waals surface area contributed by atoms with Gasteiger partial charge in [-0.25, -0.2) is 4.98 Å². The molecule has 0 aliphatic rings. The molecule has 0 unspecified atom stereocenters. The summed E-state index contributed by atoms with van der Waals surface area (Å²) >= 11 is 0. The van der Waals surface area contributed by atoms with Crippen molar-refractivity contribution in [1.29, 1.82) is 0 Å². The van der Waals surface area contributed by atoms with E-state index in [0.717, 1.165) is 6.07 Å². The summed E-state index contributed by atoms with van der Waals surface area (Å²) < 4.78 is 77.1. The molecule has 0 bridgehead atoms. The van der Waals surface area contributed by atoms with Crippen LogP contribution >= 0.6 is 0 Å². The minimum absolute atomic E-state index is 0.394. The molecule has 1 rings (SSSR count). The third-order valence-electron chi connectivity index (χ3n) is 1.83. The largest absolute Gasteiger partial charge is 0.478 e. The minimum atomic E-state index is -4.81. The van der Waals surface area contributed by atoms with Gasteiger partial charge < -0.3 is 10.5 Å². The third kappa shape index (κ3) is 5.62. The summed E-state index contributed by atoms with van der Waals surface area (Å²) in [6.45, 7) is -0.423. The average molecular weight is 289 g/mol. The lowest BCUT2D eigenvalue weighted by Gasteiger charge is -2.10. The number of aromatic nitrogens is 2. The van der Waals surface area contributed by atoms with Gasteiger partial charge in [0, 0.05) is 12.5 Å². The normalized spacial score (nSPS) is 12.5. The van der Waals surface area contributed by atoms with Gasteiger partial charge in [-0.1, -0.05) is 0 Å². The van der Waals surface area contributed by atoms with Crippen molar-refractivity contribution in [3.63, 3.8) is 0 Å². The predicted octanol–water partition coefficient (Wildman–Crippen LogP) is 2.80. The van der Waals surface area contributed by atoms with E-state index < -0.39 is 49.3 Å². The number of halogens is 6. The Morgan fingerprint density at radius 2 is 1.74 bits per heavy atom. The summed E-state index contributed by atoms with van der Waals surface area (Å²) in [6.07, 6.45) is -10.6. The fourth-order valence-electron chi connectivity index (χ4n) is 1.09. The molecule has 0 radical (unpaired) electrons. The number of alkyl halides is 6. The van der Waals surface area contributed by atoms with Gasteiger partial charge in [0.25, 0.3) is 0 Å². The first-order valence-corrected chi connectivity index (χ1v) is 4.99. The van der Waals surface area contributed by atoms with E-state index in [-0.39, 0.29) is 0 Å². The van der Waals surface area contributed by atoms with E-state index in [9.17, 15) is 26.3 Å². The van der Waals surface area contributed by atoms with Crippen LogP contribution in [0.15, 0.2) is 6.07 Å². The molecular formula is C9H9F6N3O. The highest BCUT2D eigenvalue weighted by Gasteiger charge is 2.35. The van der Waals surface area contributed by atoms with Crippen LogP contribution in [0.2, 0.25) is 0 Å². The Morgan fingerprint density at radius 3 is 2.26 bits per heavy atom. The number of ether oxygens (including phenoxy) is 1. The minimum Gasteiger partial charge on any atom is -0.478 e. The van der Waals surface area contributed by atoms with Crippen LogP contribution in [0, 0.1) is 0 Å². The van der Waals surface area contributed by atoms with E-state index in [1.807, 2.05) is 0 Å². The quantitative estimate of drug-likeness (QED) is 0.684. The van der Waals surface area contributed by atoms with Gasteiger partial charge in [-0.2, -0.15) is 31.3 Å². The first kappa shape index (κ1) is 15.3. The fourth-order valence-corrected chi connectivity index (χ4v) is 1.09. The Morgan fingerprint density at radius 1 is 1.11 bits per heavy atom. The van der Waals surface area contributed by atoms with Gasteiger partial charge >= 0.3 is 12.4 Å². The summed E-state index contributed by atoms with van der Waals surface area (Å²) in [6, 6.07) is 0.906. The zero-order valence-corrected chi connectivity index (χ0v) is 9.35. The molecule has 108 valence electrons. The molecule has 1 aromatic rings. The van der Waals surface area contributed by atoms with Crippen LogP contribution in [0.1, 0.15) is 18.7 Å². The van der Waals surface area contributed by atoms with Gasteiger partial charge in [0.2, 0.25) is 11.7 Å². The first-order valence-electron chi connectivity index (χ1n) is 4.99. The first-order chi connectivity index (χ1) is 8.58. The maximum Gasteiger partial charge on any atom is 0.451 e. The van der Waals surface area contributed by atoms with E-state index in [4.69, 9.17) is 5.73 Å². The molecule has 2 N–H and O–H groups in total. The molecule has 0 aliphatic carbocycles. The van der Waals surface area contributed by atoms with Gasteiger partial charge in [-0.3, -0.25) is 0 Å². The van der Waals surface area contributed by atoms with Crippen molar-refractivity contribution in [2.75, 3.05) is 12.3 Å². The second-order valence-corrected chi connectivity index (χ2v) is 3.52. The van der Waals surface area contributed by atoms with Crippen LogP contribution in [-0.4, -0.2) is 22.8 Å². The lowest BCUT2D eigenvalue weighted by atomic mass is 10.3. The number of hydrogen-bond donors (Lipinski definition) is 1. The molecule has 0 spiro atoms. The van der Waals surface area contributed by atoms with Crippen LogP contribution in [0.3, 0.4) is 0 Å². The predicted molar refractivity (Wildman–Crippen MR) is 52.2 cm³/mol. The summed E-state index contributed by atoms with van der Waals surface area (Å²) in [4.78, 5) is 5.97. The standard InChI is InChI=1S/C9H9F6N3O/c10-8(11,12)2-1-3-19-6-4-5(16)17-7(18-6)9(13,14)15/h4H,1-3H2,(H2,16,17,18). The Bertz CT molecular complexity index is 431. The van der Waals surface area contributed by atoms with E-state index in [1.165, 1.54) is 0 Å². The van der Waals surface area contributed by atoms with Crippen LogP contribution < -0.4 is 10.5 Å². The second kappa shape index (κ2) is 5.49. The molecule has 0 aromatic carbocycles. The molecule has 1 aromatic heterocycles. The van der Waals surface area contributed by atoms with Crippen molar-refractivity contribution in [3.05, 3.63) is 11.9 Å². The van der Waals surface area contributed by atoms with Crippen LogP contribution in [0.4, 0.5) is 32.2 Å². The second-order valence-electron chi connectivity index (χ2n) is 3.52. The zero-order chi connectivity index (χ0) is 14.7. The van der Waals surface area contributed by atoms with E-state index >= 15 is 0 Å². The Kier molecular flexibility index (Phi) is 4.43. The number of nitrogen functional groups attached to an aromatic ring is 1. The molecule has 19 heavy (non-hydrogen) atoms. The SMILES string of the molecule is Nc1cc(OCCCC(F)(F)F)nc(C(F)(F)F)n1. The number of nitrogens with two attached hydrogens (primary N) is 1. The molecule has 0 saturated carbocycles. The van der Waals surface area contributed by atoms with Crippen LogP contribution in [0.5, 0.6) is 5.88 Å². The van der Waals surface area contributed by atoms with Crippen molar-refractivity contribution in [1.82, 2.24) is 9.97 Å². The van der Waals surface area contributed by atoms with Gasteiger partial charge in [-0.05, 0) is 6.42 Å². The molecular weight excluding hydrogens is 280 g/mol. The molecule has 4 nitrogen and oxygen atoms in total. The van der Waals surface area contributed by atoms with Crippen LogP contribution in [-0.2, 0) is 6.18 Å². The number of nitrogens with zero attached hydrogens (tertiary/aromatic N) is 2. The topological polar surface area (TPSA) is 61.0 Å². The molecule has 0 aliphatic heterocycles. The number of anilines is 1. The highest BCUT2D eigenvalue weighted by atomic mass is 19.4. The van der Waals surface area contributed by atoms with Crippen LogP contribution in [0.25, 0.3) is 0 Å². The fraction of sp³-hybridized carbons (Fsp3) is 0.556. The maximum absolute atomic E-state index is 12.3. The lowest BCUT2D eigenvalue weighted by Crippen LogP contribution is -2.14. The van der Waals surface area contributed by atoms with Gasteiger partial charge in [0.15, 0.2) is 0 Å². The number of rotatable bonds is 4. The monoisotopic (exact) mass is 289 g/mol. The molecule has 0 atom stereocenters. The van der Waals surface area contributed by atoms with Gasteiger partial charge in [-0.15, -0.1) is 0 Å². The molecule has 0 saturated heterocycles. The van der Waals surface area contributed by atoms with E-state index in [0.29, 0.717) is 0 Å². The molecule has 0 fully saturated rings. The lowest BCUT2D eigenvalue weighted by molar-refractivity contribution is -0.145. The average Bonchev–Trinajstić information content (AvgIpc) is 2.21. The maximum atomic E-state index is 12.3. The van der Waals surface area contributed by atoms with Gasteiger partial charge in [0.1, 0.15) is 5.82 Å². The number of hydrogen-bond acceptors (Lipinski definition) is 4. The zero-order valence-electron chi connectivity index (χ0n) is 9.35. The smallest absolute Gasteiger partial charge is 0.451 e. The summed E-state index contributed by atoms with van der Waals surface area (Å²) in [5, 5.41) is 0. The highest BCUT2D eigenvalue weighted by Crippen LogP contribution is 2.28. The molecule has 10 heteroatoms. The molecule has 1 heterocycles. The Balaban J connectivity index is 2.62. The van der Waals surface area contributed by atoms with Crippen molar-refractivity contribution >= 4 is 5.82 Å². The highest BCUT2D eigenvalue weighted by molar-refractivity contribution is 5.33. The summed E-state index contributed by atoms with van der Waals surface area (Å²) in [5.41, 5.74) is 5.12. The van der Waals surface area contributed by atoms with Crippen molar-refractivity contribution in [2.24, 2.45) is 0 Å². The summed E-state index contributed by atoms with van der Waals surface area (Å²) in [5.74, 6) is -2.49. The Labute approximate surface area is 103 Å². The van der Waals surface area contributed by atoms with E-state index in [2.05, 4.69) is 14.7 Å². The van der Waals surface area contributed by atoms with Crippen molar-refractivity contribution in [3.8, 4) is 5.88 Å². The Hall–Kier alpha value is -1.74. The summed E-state index contributed by atoms with van der Waals surface area (Å²) in [7, 11) is 0. The van der Waals surface area contributed by atoms with Crippen molar-refractivity contribution < 1.29 is 31.1 Å².